The number of anilines is 4. The molecule has 0 aliphatic carbocycles. The van der Waals surface area contributed by atoms with Gasteiger partial charge in [0.1, 0.15) is 18.4 Å². The minimum Gasteiger partial charge on any atom is -0.444 e. The van der Waals surface area contributed by atoms with Gasteiger partial charge in [-0.1, -0.05) is 115 Å². The summed E-state index contributed by atoms with van der Waals surface area (Å²) in [6.45, 7) is 3.60. The van der Waals surface area contributed by atoms with Crippen molar-refractivity contribution in [1.82, 2.24) is 24.5 Å². The first-order valence-electron chi connectivity index (χ1n) is 24.3. The molecule has 0 saturated carbocycles. The number of carbonyl (C=O) groups is 4. The molecule has 0 bridgehead atoms. The first kappa shape index (κ1) is 55.3. The predicted octanol–water partition coefficient (Wildman–Crippen LogP) is 8.62. The lowest BCUT2D eigenvalue weighted by molar-refractivity contribution is -0.150. The number of hydrogen-bond acceptors (Lipinski definition) is 18. The van der Waals surface area contributed by atoms with E-state index in [2.05, 4.69) is 21.1 Å². The minimum absolute atomic E-state index is 0.0348. The third kappa shape index (κ3) is 13.7. The number of aromatic nitrogens is 4. The van der Waals surface area contributed by atoms with Crippen LogP contribution >= 0.6 is 19.4 Å². The van der Waals surface area contributed by atoms with Crippen LogP contribution < -0.4 is 25.0 Å². The van der Waals surface area contributed by atoms with Crippen LogP contribution in [0.25, 0.3) is 5.65 Å². The molecule has 5 aromatic carbocycles. The van der Waals surface area contributed by atoms with Crippen molar-refractivity contribution in [3.8, 4) is 17.9 Å². The van der Waals surface area contributed by atoms with Crippen LogP contribution in [0.3, 0.4) is 0 Å². The molecule has 3 amide bonds. The second kappa shape index (κ2) is 25.8. The van der Waals surface area contributed by atoms with Crippen molar-refractivity contribution in [2.45, 2.75) is 46.1 Å². The van der Waals surface area contributed by atoms with Crippen LogP contribution in [0.15, 0.2) is 134 Å². The number of imidazole rings is 1. The topological polar surface area (TPSA) is 270 Å². The van der Waals surface area contributed by atoms with E-state index in [1.807, 2.05) is 58.3 Å². The van der Waals surface area contributed by atoms with Crippen LogP contribution in [0, 0.1) is 22.7 Å². The predicted molar refractivity (Wildman–Crippen MR) is 284 cm³/mol. The summed E-state index contributed by atoms with van der Waals surface area (Å²) in [6.07, 6.45) is -1.23. The van der Waals surface area contributed by atoms with E-state index < -0.39 is 50.7 Å². The van der Waals surface area contributed by atoms with Crippen LogP contribution in [0.4, 0.5) is 32.7 Å². The zero-order valence-corrected chi connectivity index (χ0v) is 43.9. The van der Waals surface area contributed by atoms with Crippen molar-refractivity contribution in [1.29, 1.82) is 10.5 Å². The van der Waals surface area contributed by atoms with E-state index in [1.165, 1.54) is 42.6 Å². The zero-order chi connectivity index (χ0) is 55.2. The number of amides is 3. The van der Waals surface area contributed by atoms with Crippen molar-refractivity contribution in [3.05, 3.63) is 172 Å². The first-order valence-corrected chi connectivity index (χ1v) is 26.1. The molecule has 8 rings (SSSR count). The molecule has 1 atom stereocenters. The number of phosphoric acid groups is 1. The maximum absolute atomic E-state index is 14.7. The van der Waals surface area contributed by atoms with Gasteiger partial charge in [0, 0.05) is 32.7 Å². The molecule has 1 aliphatic heterocycles. The molecule has 1 saturated heterocycles. The Morgan fingerprint density at radius 2 is 1.37 bits per heavy atom. The molecule has 1 aliphatic rings. The Hall–Kier alpha value is -8.89. The van der Waals surface area contributed by atoms with Crippen LogP contribution in [-0.2, 0) is 63.7 Å². The number of fused-ring (bicyclic) bond motifs is 1. The van der Waals surface area contributed by atoms with Gasteiger partial charge < -0.3 is 29.4 Å². The SMILES string of the molecule is CCN(C(=O)OCc1ccccc1)c1nc(N(C(=O)OCOC(=O)Cc2ccc(OP(=O)(OCc3ccccc3)OCc3ccccc3)cc2)c2cc(C#N)cc(N3CCN(C(C)C(N)=O)CC3)c2Cl)nn2c(C#N)cnc12. The summed E-state index contributed by atoms with van der Waals surface area (Å²) in [5.74, 6) is -1.89. The molecule has 1 unspecified atom stereocenters. The van der Waals surface area contributed by atoms with E-state index in [4.69, 9.17) is 45.1 Å². The van der Waals surface area contributed by atoms with Crippen molar-refractivity contribution < 1.29 is 51.5 Å². The normalized spacial score (nSPS) is 12.9. The molecule has 24 heteroatoms. The molecule has 2 N–H and O–H groups in total. The van der Waals surface area contributed by atoms with E-state index >= 15 is 0 Å². The fourth-order valence-electron chi connectivity index (χ4n) is 8.01. The zero-order valence-electron chi connectivity index (χ0n) is 42.2. The molecule has 78 heavy (non-hydrogen) atoms. The Kier molecular flexibility index (Phi) is 18.3. The van der Waals surface area contributed by atoms with Gasteiger partial charge in [-0.05, 0) is 60.4 Å². The van der Waals surface area contributed by atoms with Gasteiger partial charge in [-0.3, -0.25) is 28.4 Å². The number of phosphoric ester groups is 1. The van der Waals surface area contributed by atoms with Gasteiger partial charge >= 0.3 is 26.0 Å². The maximum atomic E-state index is 14.7. The van der Waals surface area contributed by atoms with E-state index in [0.29, 0.717) is 43.0 Å². The Morgan fingerprint density at radius 3 is 1.94 bits per heavy atom. The number of nitrogens with two attached hydrogens (primary N) is 1. The van der Waals surface area contributed by atoms with Crippen molar-refractivity contribution in [2.75, 3.05) is 54.2 Å². The first-order chi connectivity index (χ1) is 37.8. The maximum Gasteiger partial charge on any atom is 0.530 e. The Morgan fingerprint density at radius 1 is 0.769 bits per heavy atom. The average Bonchev–Trinajstić information content (AvgIpc) is 3.89. The molecule has 22 nitrogen and oxygen atoms in total. The average molecular weight is 1100 g/mol. The molecular formula is C54H51ClN11O11P. The van der Waals surface area contributed by atoms with Crippen LogP contribution in [0.2, 0.25) is 5.02 Å². The lowest BCUT2D eigenvalue weighted by atomic mass is 10.1. The van der Waals surface area contributed by atoms with Gasteiger partial charge in [-0.2, -0.15) is 20.0 Å². The Bertz CT molecular complexity index is 3350. The lowest BCUT2D eigenvalue weighted by Crippen LogP contribution is -2.53. The fraction of sp³-hybridized carbons (Fsp3) is 0.241. The highest BCUT2D eigenvalue weighted by molar-refractivity contribution is 7.48. The number of ether oxygens (including phenoxy) is 3. The van der Waals surface area contributed by atoms with E-state index in [0.717, 1.165) is 25.4 Å². The summed E-state index contributed by atoms with van der Waals surface area (Å²) in [7, 11) is -4.20. The number of rotatable bonds is 21. The summed E-state index contributed by atoms with van der Waals surface area (Å²) in [4.78, 5) is 68.5. The van der Waals surface area contributed by atoms with Gasteiger partial charge in [0.2, 0.25) is 12.7 Å². The summed E-state index contributed by atoms with van der Waals surface area (Å²) in [5.41, 5.74) is 8.23. The highest BCUT2D eigenvalue weighted by Gasteiger charge is 2.34. The summed E-state index contributed by atoms with van der Waals surface area (Å²) < 4.78 is 48.9. The number of piperazine rings is 1. The van der Waals surface area contributed by atoms with Crippen molar-refractivity contribution in [3.63, 3.8) is 0 Å². The van der Waals surface area contributed by atoms with Gasteiger partial charge in [0.15, 0.2) is 17.2 Å². The highest BCUT2D eigenvalue weighted by Crippen LogP contribution is 2.51. The number of benzene rings is 5. The number of hydrogen-bond donors (Lipinski definition) is 1. The number of primary amides is 1. The van der Waals surface area contributed by atoms with Crippen LogP contribution in [-0.4, -0.2) is 94.1 Å². The molecule has 0 spiro atoms. The highest BCUT2D eigenvalue weighted by atomic mass is 35.5. The van der Waals surface area contributed by atoms with E-state index in [-0.39, 0.29) is 72.0 Å². The van der Waals surface area contributed by atoms with Crippen molar-refractivity contribution >= 4 is 72.3 Å². The number of nitriles is 2. The number of carbonyl (C=O) groups excluding carboxylic acids is 4. The molecule has 2 aromatic heterocycles. The molecule has 1 fully saturated rings. The molecule has 0 radical (unpaired) electrons. The second-order valence-corrected chi connectivity index (χ2v) is 19.3. The third-order valence-electron chi connectivity index (χ3n) is 12.2. The molecule has 3 heterocycles. The largest absolute Gasteiger partial charge is 0.530 e. The number of halogens is 1. The van der Waals surface area contributed by atoms with Gasteiger partial charge in [-0.15, -0.1) is 5.10 Å². The van der Waals surface area contributed by atoms with E-state index in [9.17, 15) is 34.3 Å². The number of nitrogens with zero attached hydrogens (tertiary/aromatic N) is 10. The number of esters is 1. The monoisotopic (exact) mass is 1100 g/mol. The van der Waals surface area contributed by atoms with Gasteiger partial charge in [-0.25, -0.2) is 24.0 Å². The Labute approximate surface area is 453 Å². The van der Waals surface area contributed by atoms with Gasteiger partial charge in [0.25, 0.3) is 5.95 Å². The molecular weight excluding hydrogens is 1050 g/mol. The summed E-state index contributed by atoms with van der Waals surface area (Å²) in [5, 5.41) is 24.9. The summed E-state index contributed by atoms with van der Waals surface area (Å²) >= 11 is 7.22. The smallest absolute Gasteiger partial charge is 0.444 e. The Balaban J connectivity index is 1.04. The molecule has 400 valence electrons. The quantitative estimate of drug-likeness (QED) is 0.0400. The summed E-state index contributed by atoms with van der Waals surface area (Å²) in [6, 6.07) is 39.5. The van der Waals surface area contributed by atoms with Gasteiger partial charge in [0.05, 0.1) is 59.9 Å². The van der Waals surface area contributed by atoms with Crippen molar-refractivity contribution in [2.24, 2.45) is 5.73 Å². The fourth-order valence-corrected chi connectivity index (χ4v) is 9.50. The third-order valence-corrected chi connectivity index (χ3v) is 13.9. The second-order valence-electron chi connectivity index (χ2n) is 17.3. The van der Waals surface area contributed by atoms with E-state index in [1.54, 1.807) is 62.4 Å². The lowest BCUT2D eigenvalue weighted by Gasteiger charge is -2.38. The standard InChI is InChI=1S/C54H51ClN11O11P/c1-3-64(53(69)72-33-39-13-7-4-8-14-39)51-50-59-32-43(31-57)66(50)61-52(60-51)65(46-28-42(30-56)27-45(48(46)55)63-25-23-62(24-26-63)37(2)49(58)68)54(70)74-36-73-47(67)29-38-19-21-44(22-20-38)77-78(71,75-34-40-15-9-5-10-16-40)76-35-41-17-11-6-12-18-41/h4-22,27-28,32,37H,3,23-26,29,33-36H2,1-2H3,(H2,58,68). The molecule has 7 aromatic rings. The minimum atomic E-state index is -4.20. The van der Waals surface area contributed by atoms with Crippen LogP contribution in [0.5, 0.6) is 5.75 Å². The van der Waals surface area contributed by atoms with Crippen LogP contribution in [0.1, 0.15) is 47.4 Å².